The van der Waals surface area contributed by atoms with E-state index in [4.69, 9.17) is 0 Å². The van der Waals surface area contributed by atoms with E-state index in [-0.39, 0.29) is 0 Å². The zero-order valence-corrected chi connectivity index (χ0v) is 20.2. The Morgan fingerprint density at radius 1 is 0.781 bits per heavy atom. The van der Waals surface area contributed by atoms with Crippen molar-refractivity contribution in [1.29, 1.82) is 0 Å². The first-order chi connectivity index (χ1) is 15.6. The minimum absolute atomic E-state index is 0.816. The highest BCUT2D eigenvalue weighted by molar-refractivity contribution is 5.70. The first-order valence-corrected chi connectivity index (χ1v) is 12.5. The van der Waals surface area contributed by atoms with Gasteiger partial charge in [0.05, 0.1) is 0 Å². The minimum atomic E-state index is 0.816. The van der Waals surface area contributed by atoms with Crippen molar-refractivity contribution >= 4 is 6.08 Å². The summed E-state index contributed by atoms with van der Waals surface area (Å²) in [6, 6.07) is 22.7. The van der Waals surface area contributed by atoms with Crippen molar-refractivity contribution < 1.29 is 0 Å². The Bertz CT molecular complexity index is 1060. The highest BCUT2D eigenvalue weighted by atomic mass is 14.3. The van der Waals surface area contributed by atoms with Gasteiger partial charge in [-0.25, -0.2) is 0 Å². The Morgan fingerprint density at radius 3 is 2.16 bits per heavy atom. The molecule has 0 atom stereocenters. The average Bonchev–Trinajstić information content (AvgIpc) is 3.54. The fourth-order valence-electron chi connectivity index (χ4n) is 5.12. The second kappa shape index (κ2) is 10.3. The van der Waals surface area contributed by atoms with Crippen LogP contribution in [0.1, 0.15) is 90.7 Å². The average molecular weight is 423 g/mol. The van der Waals surface area contributed by atoms with Crippen LogP contribution in [0, 0.1) is 13.8 Å². The summed E-state index contributed by atoms with van der Waals surface area (Å²) in [5.41, 5.74) is 11.5. The van der Waals surface area contributed by atoms with Crippen molar-refractivity contribution in [1.82, 2.24) is 0 Å². The van der Waals surface area contributed by atoms with Crippen LogP contribution in [0.5, 0.6) is 0 Å². The molecule has 5 rings (SSSR count). The third-order valence-corrected chi connectivity index (χ3v) is 7.37. The zero-order valence-electron chi connectivity index (χ0n) is 20.2. The van der Waals surface area contributed by atoms with Gasteiger partial charge in [0.25, 0.3) is 0 Å². The van der Waals surface area contributed by atoms with Crippen LogP contribution in [0.15, 0.2) is 67.2 Å². The molecule has 0 nitrogen and oxygen atoms in total. The lowest BCUT2D eigenvalue weighted by Gasteiger charge is -2.17. The van der Waals surface area contributed by atoms with Gasteiger partial charge < -0.3 is 0 Å². The Hall–Kier alpha value is -2.60. The molecule has 2 saturated carbocycles. The highest BCUT2D eigenvalue weighted by Gasteiger charge is 2.26. The quantitative estimate of drug-likeness (QED) is 0.384. The predicted octanol–water partition coefficient (Wildman–Crippen LogP) is 9.40. The van der Waals surface area contributed by atoms with Crippen LogP contribution in [-0.2, 0) is 6.42 Å². The number of hydrogen-bond acceptors (Lipinski definition) is 0. The number of aryl methyl sites for hydroxylation is 3. The van der Waals surface area contributed by atoms with E-state index in [1.54, 1.807) is 16.7 Å². The summed E-state index contributed by atoms with van der Waals surface area (Å²) < 4.78 is 0. The van der Waals surface area contributed by atoms with Crippen LogP contribution in [0.4, 0.5) is 0 Å². The van der Waals surface area contributed by atoms with Crippen LogP contribution >= 0.6 is 0 Å². The van der Waals surface area contributed by atoms with Crippen LogP contribution in [-0.4, -0.2) is 0 Å². The molecular formula is C32H38. The summed E-state index contributed by atoms with van der Waals surface area (Å²) in [6.45, 7) is 10.2. The van der Waals surface area contributed by atoms with Gasteiger partial charge in [-0.05, 0) is 102 Å². The van der Waals surface area contributed by atoms with Crippen molar-refractivity contribution in [3.05, 3.63) is 101 Å². The van der Waals surface area contributed by atoms with Gasteiger partial charge in [-0.15, -0.1) is 0 Å². The molecular weight excluding hydrogens is 384 g/mol. The van der Waals surface area contributed by atoms with E-state index in [0.29, 0.717) is 0 Å². The van der Waals surface area contributed by atoms with Gasteiger partial charge in [0, 0.05) is 0 Å². The largest absolute Gasteiger partial charge is 0.0985 e. The van der Waals surface area contributed by atoms with Crippen LogP contribution in [0.3, 0.4) is 0 Å². The van der Waals surface area contributed by atoms with E-state index in [1.807, 2.05) is 6.08 Å². The monoisotopic (exact) mass is 422 g/mol. The van der Waals surface area contributed by atoms with Gasteiger partial charge in [-0.3, -0.25) is 0 Å². The van der Waals surface area contributed by atoms with E-state index in [2.05, 4.69) is 88.0 Å². The molecule has 3 aromatic rings. The fourth-order valence-corrected chi connectivity index (χ4v) is 5.12. The van der Waals surface area contributed by atoms with Gasteiger partial charge in [0.2, 0.25) is 0 Å². The molecule has 166 valence electrons. The molecule has 0 unspecified atom stereocenters. The lowest BCUT2D eigenvalue weighted by Crippen LogP contribution is -1.99. The third kappa shape index (κ3) is 5.23. The van der Waals surface area contributed by atoms with Gasteiger partial charge in [-0.2, -0.15) is 0 Å². The maximum Gasteiger partial charge on any atom is -0.0149 e. The summed E-state index contributed by atoms with van der Waals surface area (Å²) in [4.78, 5) is 0. The summed E-state index contributed by atoms with van der Waals surface area (Å²) in [5.74, 6) is 1.64. The van der Waals surface area contributed by atoms with Crippen LogP contribution < -0.4 is 0 Å². The van der Waals surface area contributed by atoms with E-state index < -0.39 is 0 Å². The number of benzene rings is 3. The topological polar surface area (TPSA) is 0 Å². The molecule has 0 bridgehead atoms. The number of rotatable bonds is 5. The Labute approximate surface area is 195 Å². The SMILES string of the molecule is C=Cc1ccc(C)c(C)c1.CCc1cc(-c2ccccc2C2CC2)ccc1C1CCCC1. The molecule has 0 amide bonds. The Morgan fingerprint density at radius 2 is 1.50 bits per heavy atom. The zero-order chi connectivity index (χ0) is 22.5. The lowest BCUT2D eigenvalue weighted by atomic mass is 9.88. The van der Waals surface area contributed by atoms with E-state index in [9.17, 15) is 0 Å². The molecule has 32 heavy (non-hydrogen) atoms. The Balaban J connectivity index is 0.000000207. The van der Waals surface area contributed by atoms with Gasteiger partial charge in [0.15, 0.2) is 0 Å². The minimum Gasteiger partial charge on any atom is -0.0985 e. The van der Waals surface area contributed by atoms with Gasteiger partial charge >= 0.3 is 0 Å². The second-order valence-electron chi connectivity index (χ2n) is 9.66. The summed E-state index contributed by atoms with van der Waals surface area (Å²) in [7, 11) is 0. The van der Waals surface area contributed by atoms with Crippen molar-refractivity contribution in [3.63, 3.8) is 0 Å². The summed E-state index contributed by atoms with van der Waals surface area (Å²) in [5, 5.41) is 0. The molecule has 3 aromatic carbocycles. The standard InChI is InChI=1S/C22H26.C10H12/c1-2-16-15-19(13-14-20(16)17-7-3-4-8-17)22-10-6-5-9-21(22)18-11-12-18;1-4-10-6-5-8(2)9(3)7-10/h5-6,9-10,13-15,17-18H,2-4,7-8,11-12H2,1H3;4-7H,1H2,2-3H3. The number of hydrogen-bond donors (Lipinski definition) is 0. The molecule has 0 spiro atoms. The van der Waals surface area contributed by atoms with Gasteiger partial charge in [0.1, 0.15) is 0 Å². The maximum absolute atomic E-state index is 3.70. The van der Waals surface area contributed by atoms with Crippen molar-refractivity contribution in [2.45, 2.75) is 77.6 Å². The maximum atomic E-state index is 3.70. The molecule has 2 aliphatic rings. The van der Waals surface area contributed by atoms with Crippen molar-refractivity contribution in [3.8, 4) is 11.1 Å². The normalized spacial score (nSPS) is 15.8. The molecule has 0 aromatic heterocycles. The molecule has 0 radical (unpaired) electrons. The predicted molar refractivity (Wildman–Crippen MR) is 140 cm³/mol. The molecule has 0 aliphatic heterocycles. The fraction of sp³-hybridized carbons (Fsp3) is 0.375. The molecule has 0 heterocycles. The Kier molecular flexibility index (Phi) is 7.30. The van der Waals surface area contributed by atoms with E-state index in [1.165, 1.54) is 66.3 Å². The van der Waals surface area contributed by atoms with Crippen LogP contribution in [0.25, 0.3) is 17.2 Å². The van der Waals surface area contributed by atoms with E-state index >= 15 is 0 Å². The van der Waals surface area contributed by atoms with Crippen molar-refractivity contribution in [2.24, 2.45) is 0 Å². The summed E-state index contributed by atoms with van der Waals surface area (Å²) >= 11 is 0. The first-order valence-electron chi connectivity index (χ1n) is 12.5. The molecule has 0 heteroatoms. The molecule has 0 N–H and O–H groups in total. The third-order valence-electron chi connectivity index (χ3n) is 7.37. The van der Waals surface area contributed by atoms with Crippen LogP contribution in [0.2, 0.25) is 0 Å². The second-order valence-corrected chi connectivity index (χ2v) is 9.66. The first kappa shape index (κ1) is 22.6. The molecule has 2 aliphatic carbocycles. The summed E-state index contributed by atoms with van der Waals surface area (Å²) in [6.07, 6.45) is 11.4. The highest BCUT2D eigenvalue weighted by Crippen LogP contribution is 2.45. The molecule has 0 saturated heterocycles. The van der Waals surface area contributed by atoms with E-state index in [0.717, 1.165) is 18.3 Å². The lowest BCUT2D eigenvalue weighted by molar-refractivity contribution is 0.713. The van der Waals surface area contributed by atoms with Crippen molar-refractivity contribution in [2.75, 3.05) is 0 Å². The smallest absolute Gasteiger partial charge is 0.0149 e. The molecule has 2 fully saturated rings. The van der Waals surface area contributed by atoms with Gasteiger partial charge in [-0.1, -0.05) is 93.1 Å².